The molecule has 0 saturated carbocycles. The second kappa shape index (κ2) is 5.30. The van der Waals surface area contributed by atoms with Crippen LogP contribution in [-0.4, -0.2) is 23.8 Å². The van der Waals surface area contributed by atoms with E-state index in [4.69, 9.17) is 21.1 Å². The van der Waals surface area contributed by atoms with Crippen molar-refractivity contribution in [3.05, 3.63) is 41.4 Å². The van der Waals surface area contributed by atoms with Crippen LogP contribution in [0.1, 0.15) is 0 Å². The number of ether oxygens (including phenoxy) is 2. The Balaban J connectivity index is 2.16. The molecule has 0 amide bonds. The Morgan fingerprint density at radius 1 is 1.05 bits per heavy atom. The van der Waals surface area contributed by atoms with Crippen LogP contribution in [0.25, 0.3) is 22.4 Å². The molecule has 1 heterocycles. The summed E-state index contributed by atoms with van der Waals surface area (Å²) < 4.78 is 12.5. The minimum atomic E-state index is 0.569. The molecule has 1 aromatic heterocycles. The molecule has 2 aromatic carbocycles. The average molecular weight is 303 g/mol. The molecule has 0 N–H and O–H groups in total. The number of nitrogens with zero attached hydrogens (tertiary/aromatic N) is 2. The van der Waals surface area contributed by atoms with Crippen LogP contribution in [0, 0.1) is 0 Å². The van der Waals surface area contributed by atoms with Crippen LogP contribution in [0.5, 0.6) is 11.5 Å². The molecular formula is C16H15ClN2O2. The largest absolute Gasteiger partial charge is 0.497 e. The third kappa shape index (κ3) is 2.32. The molecule has 4 nitrogen and oxygen atoms in total. The van der Waals surface area contributed by atoms with Gasteiger partial charge in [-0.2, -0.15) is 0 Å². The molecule has 5 heteroatoms. The molecule has 0 bridgehead atoms. The zero-order valence-corrected chi connectivity index (χ0v) is 12.8. The summed E-state index contributed by atoms with van der Waals surface area (Å²) in [5.74, 6) is 2.29. The maximum atomic E-state index is 6.20. The second-order valence-electron chi connectivity index (χ2n) is 4.70. The highest BCUT2D eigenvalue weighted by Crippen LogP contribution is 2.31. The number of halogens is 1. The summed E-state index contributed by atoms with van der Waals surface area (Å²) in [4.78, 5) is 4.67. The molecule has 3 aromatic rings. The highest BCUT2D eigenvalue weighted by molar-refractivity contribution is 6.32. The highest BCUT2D eigenvalue weighted by Gasteiger charge is 2.12. The Morgan fingerprint density at radius 2 is 1.86 bits per heavy atom. The molecule has 0 fully saturated rings. The molecule has 0 atom stereocenters. The van der Waals surface area contributed by atoms with Crippen molar-refractivity contribution in [2.45, 2.75) is 0 Å². The van der Waals surface area contributed by atoms with Gasteiger partial charge in [-0.1, -0.05) is 11.6 Å². The summed E-state index contributed by atoms with van der Waals surface area (Å²) in [7, 11) is 5.23. The van der Waals surface area contributed by atoms with Crippen LogP contribution in [0.15, 0.2) is 36.4 Å². The second-order valence-corrected chi connectivity index (χ2v) is 5.11. The zero-order chi connectivity index (χ0) is 15.0. The number of hydrogen-bond acceptors (Lipinski definition) is 3. The van der Waals surface area contributed by atoms with E-state index in [1.165, 1.54) is 0 Å². The zero-order valence-electron chi connectivity index (χ0n) is 12.1. The molecule has 21 heavy (non-hydrogen) atoms. The van der Waals surface area contributed by atoms with Gasteiger partial charge >= 0.3 is 0 Å². The Bertz CT molecular complexity index is 811. The Kier molecular flexibility index (Phi) is 3.47. The topological polar surface area (TPSA) is 36.3 Å². The van der Waals surface area contributed by atoms with E-state index in [1.54, 1.807) is 14.2 Å². The first-order chi connectivity index (χ1) is 10.1. The van der Waals surface area contributed by atoms with Gasteiger partial charge in [-0.25, -0.2) is 4.98 Å². The Hall–Kier alpha value is -2.20. The van der Waals surface area contributed by atoms with E-state index in [0.717, 1.165) is 28.2 Å². The minimum Gasteiger partial charge on any atom is -0.497 e. The fraction of sp³-hybridized carbons (Fsp3) is 0.188. The number of aryl methyl sites for hydroxylation is 1. The van der Waals surface area contributed by atoms with E-state index in [9.17, 15) is 0 Å². The van der Waals surface area contributed by atoms with E-state index >= 15 is 0 Å². The van der Waals surface area contributed by atoms with E-state index in [1.807, 2.05) is 48.0 Å². The lowest BCUT2D eigenvalue weighted by Crippen LogP contribution is -1.93. The maximum Gasteiger partial charge on any atom is 0.140 e. The van der Waals surface area contributed by atoms with Crippen molar-refractivity contribution in [2.75, 3.05) is 14.2 Å². The van der Waals surface area contributed by atoms with Gasteiger partial charge in [-0.3, -0.25) is 0 Å². The van der Waals surface area contributed by atoms with Crippen molar-refractivity contribution in [3.63, 3.8) is 0 Å². The van der Waals surface area contributed by atoms with Gasteiger partial charge in [0.15, 0.2) is 0 Å². The number of methoxy groups -OCH3 is 2. The first-order valence-corrected chi connectivity index (χ1v) is 6.86. The average Bonchev–Trinajstić information content (AvgIpc) is 2.83. The summed E-state index contributed by atoms with van der Waals surface area (Å²) in [6, 6.07) is 11.5. The third-order valence-corrected chi connectivity index (χ3v) is 3.79. The molecule has 0 aliphatic carbocycles. The fourth-order valence-corrected chi connectivity index (χ4v) is 2.63. The van der Waals surface area contributed by atoms with Crippen LogP contribution < -0.4 is 9.47 Å². The lowest BCUT2D eigenvalue weighted by Gasteiger charge is -2.06. The summed E-state index contributed by atoms with van der Waals surface area (Å²) in [6.07, 6.45) is 0. The maximum absolute atomic E-state index is 6.20. The number of rotatable bonds is 3. The monoisotopic (exact) mass is 302 g/mol. The SMILES string of the molecule is COc1ccc2c(c1)nc(-c1ccc(OC)c(Cl)c1)n2C. The smallest absolute Gasteiger partial charge is 0.140 e. The fourth-order valence-electron chi connectivity index (χ4n) is 2.37. The summed E-state index contributed by atoms with van der Waals surface area (Å²) in [5, 5.41) is 0.569. The van der Waals surface area contributed by atoms with Gasteiger partial charge in [-0.15, -0.1) is 0 Å². The van der Waals surface area contributed by atoms with Crippen LogP contribution >= 0.6 is 11.6 Å². The van der Waals surface area contributed by atoms with E-state index in [2.05, 4.69) is 4.98 Å². The number of fused-ring (bicyclic) bond motifs is 1. The lowest BCUT2D eigenvalue weighted by atomic mass is 10.2. The van der Waals surface area contributed by atoms with Gasteiger partial charge in [0.1, 0.15) is 17.3 Å². The van der Waals surface area contributed by atoms with Gasteiger partial charge in [-0.05, 0) is 30.3 Å². The predicted molar refractivity (Wildman–Crippen MR) is 84.3 cm³/mol. The van der Waals surface area contributed by atoms with Gasteiger partial charge in [0, 0.05) is 18.7 Å². The predicted octanol–water partition coefficient (Wildman–Crippen LogP) is 3.91. The molecule has 3 rings (SSSR count). The minimum absolute atomic E-state index is 0.569. The Morgan fingerprint density at radius 3 is 2.52 bits per heavy atom. The van der Waals surface area contributed by atoms with Crippen LogP contribution in [0.2, 0.25) is 5.02 Å². The van der Waals surface area contributed by atoms with Crippen molar-refractivity contribution in [3.8, 4) is 22.9 Å². The van der Waals surface area contributed by atoms with Crippen molar-refractivity contribution < 1.29 is 9.47 Å². The van der Waals surface area contributed by atoms with Gasteiger partial charge in [0.05, 0.1) is 30.3 Å². The molecule has 0 unspecified atom stereocenters. The summed E-state index contributed by atoms with van der Waals surface area (Å²) in [6.45, 7) is 0. The van der Waals surface area contributed by atoms with Crippen molar-refractivity contribution in [1.82, 2.24) is 9.55 Å². The van der Waals surface area contributed by atoms with Crippen molar-refractivity contribution in [2.24, 2.45) is 7.05 Å². The summed E-state index contributed by atoms with van der Waals surface area (Å²) >= 11 is 6.20. The molecule has 0 aliphatic heterocycles. The number of imidazole rings is 1. The van der Waals surface area contributed by atoms with Gasteiger partial charge in [0.2, 0.25) is 0 Å². The molecule has 0 aliphatic rings. The number of aromatic nitrogens is 2. The first-order valence-electron chi connectivity index (χ1n) is 6.48. The first kappa shape index (κ1) is 13.8. The Labute approximate surface area is 127 Å². The van der Waals surface area contributed by atoms with Gasteiger partial charge < -0.3 is 14.0 Å². The molecule has 0 radical (unpaired) electrons. The van der Waals surface area contributed by atoms with Crippen molar-refractivity contribution in [1.29, 1.82) is 0 Å². The normalized spacial score (nSPS) is 10.9. The third-order valence-electron chi connectivity index (χ3n) is 3.50. The quantitative estimate of drug-likeness (QED) is 0.736. The van der Waals surface area contributed by atoms with E-state index in [-0.39, 0.29) is 0 Å². The number of benzene rings is 2. The van der Waals surface area contributed by atoms with E-state index in [0.29, 0.717) is 10.8 Å². The van der Waals surface area contributed by atoms with Crippen LogP contribution in [-0.2, 0) is 7.05 Å². The lowest BCUT2D eigenvalue weighted by molar-refractivity contribution is 0.415. The summed E-state index contributed by atoms with van der Waals surface area (Å²) in [5.41, 5.74) is 2.87. The van der Waals surface area contributed by atoms with Crippen LogP contribution in [0.3, 0.4) is 0 Å². The van der Waals surface area contributed by atoms with E-state index < -0.39 is 0 Å². The molecule has 108 valence electrons. The van der Waals surface area contributed by atoms with Crippen molar-refractivity contribution >= 4 is 22.6 Å². The van der Waals surface area contributed by atoms with Crippen LogP contribution in [0.4, 0.5) is 0 Å². The molecular weight excluding hydrogens is 288 g/mol. The molecule has 0 spiro atoms. The highest BCUT2D eigenvalue weighted by atomic mass is 35.5. The standard InChI is InChI=1S/C16H15ClN2O2/c1-19-14-6-5-11(20-2)9-13(14)18-16(19)10-4-7-15(21-3)12(17)8-10/h4-9H,1-3H3. The molecule has 0 saturated heterocycles. The van der Waals surface area contributed by atoms with Gasteiger partial charge in [0.25, 0.3) is 0 Å². The number of hydrogen-bond donors (Lipinski definition) is 0.